The summed E-state index contributed by atoms with van der Waals surface area (Å²) in [5, 5.41) is 1.90. The molecule has 0 bridgehead atoms. The predicted octanol–water partition coefficient (Wildman–Crippen LogP) is 9.58. The molecule has 2 saturated heterocycles. The van der Waals surface area contributed by atoms with Gasteiger partial charge >= 0.3 is 193 Å². The fourth-order valence-corrected chi connectivity index (χ4v) is 17.2. The summed E-state index contributed by atoms with van der Waals surface area (Å²) in [5.41, 5.74) is 5.81. The van der Waals surface area contributed by atoms with Crippen molar-refractivity contribution in [2.24, 2.45) is 5.41 Å². The van der Waals surface area contributed by atoms with E-state index in [2.05, 4.69) is 101 Å². The van der Waals surface area contributed by atoms with Crippen LogP contribution in [0.3, 0.4) is 0 Å². The molecule has 2 heteroatoms. The van der Waals surface area contributed by atoms with Crippen LogP contribution in [0.1, 0.15) is 82.2 Å². The molecule has 4 rings (SSSR count). The van der Waals surface area contributed by atoms with Crippen LogP contribution in [0.15, 0.2) is 71.8 Å². The summed E-state index contributed by atoms with van der Waals surface area (Å²) in [6.07, 6.45) is 8.46. The van der Waals surface area contributed by atoms with Crippen LogP contribution in [0.25, 0.3) is 0 Å². The van der Waals surface area contributed by atoms with Crippen molar-refractivity contribution in [1.82, 2.24) is 0 Å². The predicted molar refractivity (Wildman–Crippen MR) is 144 cm³/mol. The molecule has 0 aliphatic carbocycles. The van der Waals surface area contributed by atoms with Crippen LogP contribution >= 0.6 is 15.2 Å². The molecule has 0 N–H and O–H groups in total. The summed E-state index contributed by atoms with van der Waals surface area (Å²) in [4.78, 5) is 0. The van der Waals surface area contributed by atoms with Gasteiger partial charge in [-0.3, -0.25) is 0 Å². The molecule has 2 aromatic rings. The van der Waals surface area contributed by atoms with E-state index in [4.69, 9.17) is 0 Å². The first-order valence-electron chi connectivity index (χ1n) is 12.4. The Morgan fingerprint density at radius 2 is 1.42 bits per heavy atom. The van der Waals surface area contributed by atoms with E-state index in [0.717, 1.165) is 5.66 Å². The van der Waals surface area contributed by atoms with Crippen LogP contribution in [0.4, 0.5) is 0 Å². The Kier molecular flexibility index (Phi) is 7.11. The first kappa shape index (κ1) is 23.2. The van der Waals surface area contributed by atoms with Gasteiger partial charge in [0.15, 0.2) is 0 Å². The Hall–Kier alpha value is -0.960. The van der Waals surface area contributed by atoms with Crippen molar-refractivity contribution in [3.05, 3.63) is 82.9 Å². The second-order valence-corrected chi connectivity index (χ2v) is 18.2. The SMILES string of the molecule is CC[C@@H]1CCC[PH]1(C)/C(=C\P1[C@H](c2ccccc2)CC[C@H]1c1ccccc1)C(C)(C)C. The Morgan fingerprint density at radius 3 is 1.87 bits per heavy atom. The average Bonchev–Trinajstić information content (AvgIpc) is 3.36. The number of benzene rings is 2. The number of hydrogen-bond donors (Lipinski definition) is 0. The molecule has 3 atom stereocenters. The van der Waals surface area contributed by atoms with Gasteiger partial charge in [-0.1, -0.05) is 0 Å². The van der Waals surface area contributed by atoms with E-state index in [9.17, 15) is 0 Å². The summed E-state index contributed by atoms with van der Waals surface area (Å²) in [6, 6.07) is 22.9. The summed E-state index contributed by atoms with van der Waals surface area (Å²) in [5.74, 6) is 2.93. The molecule has 2 aliphatic heterocycles. The molecular weight excluding hydrogens is 410 g/mol. The van der Waals surface area contributed by atoms with Gasteiger partial charge in [0.2, 0.25) is 0 Å². The fourth-order valence-electron chi connectivity index (χ4n) is 6.63. The molecule has 0 unspecified atom stereocenters. The number of allylic oxidation sites excluding steroid dienone is 1. The van der Waals surface area contributed by atoms with Crippen molar-refractivity contribution in [2.75, 3.05) is 12.8 Å². The van der Waals surface area contributed by atoms with Crippen LogP contribution in [0, 0.1) is 5.41 Å². The van der Waals surface area contributed by atoms with E-state index in [1.165, 1.54) is 38.3 Å². The second-order valence-electron chi connectivity index (χ2n) is 11.1. The zero-order valence-corrected chi connectivity index (χ0v) is 22.2. The molecule has 2 fully saturated rings. The molecular formula is C29H42P2. The van der Waals surface area contributed by atoms with Gasteiger partial charge in [0, 0.05) is 0 Å². The molecule has 31 heavy (non-hydrogen) atoms. The van der Waals surface area contributed by atoms with Gasteiger partial charge < -0.3 is 0 Å². The minimum atomic E-state index is -1.43. The van der Waals surface area contributed by atoms with Gasteiger partial charge in [0.25, 0.3) is 0 Å². The van der Waals surface area contributed by atoms with E-state index in [1.807, 2.05) is 5.31 Å². The number of hydrogen-bond acceptors (Lipinski definition) is 0. The van der Waals surface area contributed by atoms with Gasteiger partial charge in [-0.25, -0.2) is 0 Å². The monoisotopic (exact) mass is 452 g/mol. The molecule has 0 amide bonds. The van der Waals surface area contributed by atoms with E-state index < -0.39 is 7.26 Å². The standard InChI is InChI=1S/C29H42P2/c1-6-25-18-13-21-31(25,5)28(29(2,3)4)22-30-26(23-14-9-7-10-15-23)19-20-27(30)24-16-11-8-12-17-24/h7-12,14-17,22,25-27,31H,6,13,18-21H2,1-5H3/b28-22-/t25-,26+,27+/m1/s1. The third-order valence-corrected chi connectivity index (χ3v) is 17.5. The van der Waals surface area contributed by atoms with Crippen molar-refractivity contribution in [2.45, 2.75) is 76.8 Å². The Balaban J connectivity index is 1.82. The summed E-state index contributed by atoms with van der Waals surface area (Å²) < 4.78 is 0. The summed E-state index contributed by atoms with van der Waals surface area (Å²) in [7, 11) is -1.66. The van der Waals surface area contributed by atoms with Gasteiger partial charge in [0.05, 0.1) is 0 Å². The van der Waals surface area contributed by atoms with Gasteiger partial charge in [-0.15, -0.1) is 0 Å². The topological polar surface area (TPSA) is 0 Å². The third-order valence-electron chi connectivity index (χ3n) is 8.15. The van der Waals surface area contributed by atoms with Gasteiger partial charge in [-0.2, -0.15) is 0 Å². The Labute approximate surface area is 193 Å². The van der Waals surface area contributed by atoms with Crippen molar-refractivity contribution in [1.29, 1.82) is 0 Å². The average molecular weight is 453 g/mol. The maximum atomic E-state index is 2.93. The van der Waals surface area contributed by atoms with Crippen LogP contribution < -0.4 is 0 Å². The van der Waals surface area contributed by atoms with Crippen molar-refractivity contribution in [3.8, 4) is 0 Å². The molecule has 0 saturated carbocycles. The second kappa shape index (κ2) is 9.49. The van der Waals surface area contributed by atoms with Crippen LogP contribution in [0.2, 0.25) is 0 Å². The van der Waals surface area contributed by atoms with Crippen LogP contribution in [-0.4, -0.2) is 18.5 Å². The van der Waals surface area contributed by atoms with E-state index in [0.29, 0.717) is 11.3 Å². The molecule has 0 aromatic heterocycles. The zero-order chi connectivity index (χ0) is 22.1. The molecule has 2 heterocycles. The normalized spacial score (nSPS) is 28.0. The summed E-state index contributed by atoms with van der Waals surface area (Å²) in [6.45, 7) is 12.7. The van der Waals surface area contributed by atoms with E-state index in [1.54, 1.807) is 11.1 Å². The van der Waals surface area contributed by atoms with Gasteiger partial charge in [0.1, 0.15) is 0 Å². The first-order chi connectivity index (χ1) is 14.8. The van der Waals surface area contributed by atoms with Crippen molar-refractivity contribution in [3.63, 3.8) is 0 Å². The number of rotatable bonds is 5. The molecule has 168 valence electrons. The molecule has 0 nitrogen and oxygen atoms in total. The molecule has 2 aliphatic rings. The van der Waals surface area contributed by atoms with E-state index >= 15 is 0 Å². The van der Waals surface area contributed by atoms with Gasteiger partial charge in [-0.05, 0) is 0 Å². The van der Waals surface area contributed by atoms with Crippen molar-refractivity contribution >= 4 is 15.2 Å². The van der Waals surface area contributed by atoms with Crippen LogP contribution in [-0.2, 0) is 0 Å². The Morgan fingerprint density at radius 1 is 0.903 bits per heavy atom. The maximum absolute atomic E-state index is 2.93. The molecule has 0 spiro atoms. The molecule has 0 radical (unpaired) electrons. The van der Waals surface area contributed by atoms with Crippen molar-refractivity contribution < 1.29 is 0 Å². The minimum absolute atomic E-state index is 0.228. The molecule has 2 aromatic carbocycles. The van der Waals surface area contributed by atoms with Crippen LogP contribution in [0.5, 0.6) is 0 Å². The fraction of sp³-hybridized carbons (Fsp3) is 0.517. The first-order valence-corrected chi connectivity index (χ1v) is 16.8. The zero-order valence-electron chi connectivity index (χ0n) is 20.3. The van der Waals surface area contributed by atoms with E-state index in [-0.39, 0.29) is 13.3 Å². The quantitative estimate of drug-likeness (QED) is 0.396. The Bertz CT molecular complexity index is 832. The third kappa shape index (κ3) is 4.72. The summed E-state index contributed by atoms with van der Waals surface area (Å²) >= 11 is 0.